The summed E-state index contributed by atoms with van der Waals surface area (Å²) in [4.78, 5) is 22.7. The van der Waals surface area contributed by atoms with Crippen molar-refractivity contribution in [3.05, 3.63) is 51.9 Å². The van der Waals surface area contributed by atoms with Gasteiger partial charge >= 0.3 is 0 Å². The fourth-order valence-electron chi connectivity index (χ4n) is 2.37. The van der Waals surface area contributed by atoms with Crippen LogP contribution < -0.4 is 10.2 Å². The molecule has 1 aliphatic heterocycles. The molecule has 1 saturated heterocycles. The predicted octanol–water partition coefficient (Wildman–Crippen LogP) is 2.55. The first kappa shape index (κ1) is 17.0. The minimum atomic E-state index is -0.280. The quantitative estimate of drug-likeness (QED) is 0.900. The van der Waals surface area contributed by atoms with E-state index in [4.69, 9.17) is 27.9 Å². The van der Waals surface area contributed by atoms with E-state index >= 15 is 0 Å². The Balaban J connectivity index is 1.66. The van der Waals surface area contributed by atoms with E-state index in [1.807, 2.05) is 0 Å². The summed E-state index contributed by atoms with van der Waals surface area (Å²) in [6.07, 6.45) is 1.40. The van der Waals surface area contributed by atoms with Crippen molar-refractivity contribution in [3.8, 4) is 0 Å². The van der Waals surface area contributed by atoms with Gasteiger partial charge in [0.25, 0.3) is 5.91 Å². The third-order valence-electron chi connectivity index (χ3n) is 3.67. The summed E-state index contributed by atoms with van der Waals surface area (Å²) in [5.74, 6) is 0.445. The number of anilines is 1. The normalized spacial score (nSPS) is 14.5. The van der Waals surface area contributed by atoms with Crippen LogP contribution in [0.5, 0.6) is 0 Å². The van der Waals surface area contributed by atoms with Gasteiger partial charge in [0.05, 0.1) is 13.2 Å². The van der Waals surface area contributed by atoms with Crippen molar-refractivity contribution in [2.24, 2.45) is 0 Å². The molecule has 0 bridgehead atoms. The number of carbonyl (C=O) groups excluding carboxylic acids is 1. The number of amides is 1. The van der Waals surface area contributed by atoms with Crippen LogP contribution in [-0.4, -0.2) is 42.2 Å². The van der Waals surface area contributed by atoms with Crippen LogP contribution in [0.25, 0.3) is 0 Å². The van der Waals surface area contributed by atoms with Crippen LogP contribution in [0.2, 0.25) is 10.0 Å². The van der Waals surface area contributed by atoms with Gasteiger partial charge in [0.1, 0.15) is 17.8 Å². The van der Waals surface area contributed by atoms with Gasteiger partial charge in [-0.25, -0.2) is 9.97 Å². The summed E-state index contributed by atoms with van der Waals surface area (Å²) in [7, 11) is 0. The zero-order valence-electron chi connectivity index (χ0n) is 12.8. The largest absolute Gasteiger partial charge is 0.378 e. The van der Waals surface area contributed by atoms with E-state index in [1.54, 1.807) is 24.3 Å². The summed E-state index contributed by atoms with van der Waals surface area (Å²) in [5, 5.41) is 3.88. The lowest BCUT2D eigenvalue weighted by molar-refractivity contribution is 0.0945. The first-order valence-corrected chi connectivity index (χ1v) is 8.26. The number of nitrogens with one attached hydrogen (secondary N) is 1. The number of rotatable bonds is 4. The molecule has 8 heteroatoms. The lowest BCUT2D eigenvalue weighted by atomic mass is 10.2. The van der Waals surface area contributed by atoms with Crippen molar-refractivity contribution >= 4 is 34.9 Å². The van der Waals surface area contributed by atoms with Crippen molar-refractivity contribution < 1.29 is 9.53 Å². The molecule has 1 amide bonds. The molecule has 1 aromatic carbocycles. The first-order valence-electron chi connectivity index (χ1n) is 7.50. The van der Waals surface area contributed by atoms with Crippen LogP contribution in [0.3, 0.4) is 0 Å². The molecule has 1 aliphatic rings. The van der Waals surface area contributed by atoms with Crippen LogP contribution in [0.1, 0.15) is 16.1 Å². The van der Waals surface area contributed by atoms with Crippen LogP contribution >= 0.6 is 23.2 Å². The number of hydrogen-bond donors (Lipinski definition) is 1. The Kier molecular flexibility index (Phi) is 5.50. The SMILES string of the molecule is O=C(NCc1ccc(Cl)cc1Cl)c1cc(N2CCOCC2)ncn1. The van der Waals surface area contributed by atoms with Gasteiger partial charge in [0.15, 0.2) is 0 Å². The highest BCUT2D eigenvalue weighted by atomic mass is 35.5. The van der Waals surface area contributed by atoms with Gasteiger partial charge in [0.2, 0.25) is 0 Å². The minimum absolute atomic E-state index is 0.280. The Hall–Kier alpha value is -1.89. The van der Waals surface area contributed by atoms with Gasteiger partial charge in [-0.3, -0.25) is 4.79 Å². The first-order chi connectivity index (χ1) is 11.6. The lowest BCUT2D eigenvalue weighted by Gasteiger charge is -2.27. The van der Waals surface area contributed by atoms with Crippen molar-refractivity contribution in [3.63, 3.8) is 0 Å². The molecule has 1 aromatic heterocycles. The zero-order chi connectivity index (χ0) is 16.9. The zero-order valence-corrected chi connectivity index (χ0v) is 14.3. The number of nitrogens with zero attached hydrogens (tertiary/aromatic N) is 3. The molecule has 2 aromatic rings. The molecular formula is C16H16Cl2N4O2. The molecule has 1 N–H and O–H groups in total. The maximum Gasteiger partial charge on any atom is 0.270 e. The van der Waals surface area contributed by atoms with Crippen LogP contribution in [-0.2, 0) is 11.3 Å². The molecule has 0 spiro atoms. The third kappa shape index (κ3) is 4.14. The number of morpholine rings is 1. The Morgan fingerprint density at radius 2 is 2.00 bits per heavy atom. The molecule has 0 radical (unpaired) electrons. The van der Waals surface area contributed by atoms with Gasteiger partial charge < -0.3 is 15.0 Å². The molecule has 24 heavy (non-hydrogen) atoms. The van der Waals surface area contributed by atoms with Gasteiger partial charge in [-0.05, 0) is 17.7 Å². The van der Waals surface area contributed by atoms with Gasteiger partial charge in [-0.2, -0.15) is 0 Å². The second-order valence-corrected chi connectivity index (χ2v) is 6.12. The second kappa shape index (κ2) is 7.79. The van der Waals surface area contributed by atoms with E-state index in [9.17, 15) is 4.79 Å². The predicted molar refractivity (Wildman–Crippen MR) is 92.7 cm³/mol. The molecule has 0 atom stereocenters. The lowest BCUT2D eigenvalue weighted by Crippen LogP contribution is -2.37. The van der Waals surface area contributed by atoms with Crippen LogP contribution in [0.15, 0.2) is 30.6 Å². The third-order valence-corrected chi connectivity index (χ3v) is 4.26. The molecular weight excluding hydrogens is 351 g/mol. The Labute approximate surface area is 149 Å². The maximum absolute atomic E-state index is 12.3. The van der Waals surface area contributed by atoms with Crippen LogP contribution in [0, 0.1) is 0 Å². The van der Waals surface area contributed by atoms with Gasteiger partial charge in [-0.15, -0.1) is 0 Å². The molecule has 0 saturated carbocycles. The van der Waals surface area contributed by atoms with Crippen LogP contribution in [0.4, 0.5) is 5.82 Å². The van der Waals surface area contributed by atoms with E-state index in [2.05, 4.69) is 20.2 Å². The average Bonchev–Trinajstić information content (AvgIpc) is 2.61. The van der Waals surface area contributed by atoms with Gasteiger partial charge in [-0.1, -0.05) is 29.3 Å². The average molecular weight is 367 g/mol. The Morgan fingerprint density at radius 3 is 2.75 bits per heavy atom. The van der Waals surface area contributed by atoms with E-state index in [-0.39, 0.29) is 5.91 Å². The van der Waals surface area contributed by atoms with E-state index in [1.165, 1.54) is 6.33 Å². The standard InChI is InChI=1S/C16H16Cl2N4O2/c17-12-2-1-11(13(18)7-12)9-19-16(23)14-8-15(21-10-20-14)22-3-5-24-6-4-22/h1-2,7-8,10H,3-6,9H2,(H,19,23). The molecule has 1 fully saturated rings. The maximum atomic E-state index is 12.3. The van der Waals surface area contributed by atoms with Crippen molar-refractivity contribution in [1.82, 2.24) is 15.3 Å². The van der Waals surface area contributed by atoms with E-state index < -0.39 is 0 Å². The molecule has 0 unspecified atom stereocenters. The number of halogens is 2. The van der Waals surface area contributed by atoms with Gasteiger partial charge in [0, 0.05) is 35.7 Å². The number of aromatic nitrogens is 2. The molecule has 6 nitrogen and oxygen atoms in total. The van der Waals surface area contributed by atoms with E-state index in [0.29, 0.717) is 35.5 Å². The second-order valence-electron chi connectivity index (χ2n) is 5.28. The van der Waals surface area contributed by atoms with Crippen molar-refractivity contribution in [1.29, 1.82) is 0 Å². The topological polar surface area (TPSA) is 67.4 Å². The monoisotopic (exact) mass is 366 g/mol. The molecule has 126 valence electrons. The Bertz CT molecular complexity index is 736. The molecule has 3 rings (SSSR count). The smallest absolute Gasteiger partial charge is 0.270 e. The number of hydrogen-bond acceptors (Lipinski definition) is 5. The Morgan fingerprint density at radius 1 is 1.21 bits per heavy atom. The molecule has 0 aliphatic carbocycles. The summed E-state index contributed by atoms with van der Waals surface area (Å²) < 4.78 is 5.32. The number of ether oxygens (including phenoxy) is 1. The minimum Gasteiger partial charge on any atom is -0.378 e. The summed E-state index contributed by atoms with van der Waals surface area (Å²) >= 11 is 12.0. The van der Waals surface area contributed by atoms with Crippen molar-refractivity contribution in [2.75, 3.05) is 31.2 Å². The highest BCUT2D eigenvalue weighted by molar-refractivity contribution is 6.35. The van der Waals surface area contributed by atoms with Crippen molar-refractivity contribution in [2.45, 2.75) is 6.54 Å². The highest BCUT2D eigenvalue weighted by Crippen LogP contribution is 2.21. The molecule has 2 heterocycles. The summed E-state index contributed by atoms with van der Waals surface area (Å²) in [6.45, 7) is 3.10. The number of carbonyl (C=O) groups is 1. The highest BCUT2D eigenvalue weighted by Gasteiger charge is 2.15. The summed E-state index contributed by atoms with van der Waals surface area (Å²) in [6, 6.07) is 6.84. The fraction of sp³-hybridized carbons (Fsp3) is 0.312. The summed E-state index contributed by atoms with van der Waals surface area (Å²) in [5.41, 5.74) is 1.11. The fourth-order valence-corrected chi connectivity index (χ4v) is 2.84. The van der Waals surface area contributed by atoms with E-state index in [0.717, 1.165) is 24.5 Å². The number of benzene rings is 1.